The van der Waals surface area contributed by atoms with Crippen LogP contribution < -0.4 is 62.9 Å². The van der Waals surface area contributed by atoms with Crippen LogP contribution in [0.5, 0.6) is 17.2 Å². The largest absolute Gasteiger partial charge is 1.00 e. The first-order chi connectivity index (χ1) is 39.1. The average Bonchev–Trinajstić information content (AvgIpc) is 4.28. The number of aromatic amines is 1. The number of halogens is 5. The Hall–Kier alpha value is -3.94. The summed E-state index contributed by atoms with van der Waals surface area (Å²) in [5.74, 6) is -2.60. The minimum atomic E-state index is -1.67. The van der Waals surface area contributed by atoms with Gasteiger partial charge in [-0.25, -0.2) is 13.8 Å². The number of carbonyl (C=O) groups is 3. The van der Waals surface area contributed by atoms with Gasteiger partial charge in [0.2, 0.25) is 9.23 Å². The molecule has 2 aliphatic rings. The zero-order chi connectivity index (χ0) is 64.1. The number of thiocarbonyl (C=S) groups is 1. The van der Waals surface area contributed by atoms with Gasteiger partial charge in [-0.15, -0.1) is 35.9 Å². The Balaban J connectivity index is 0. The molecule has 2 aliphatic heterocycles. The number of carboxylic acids is 3. The maximum atomic E-state index is 11.1. The molecule has 0 spiro atoms. The summed E-state index contributed by atoms with van der Waals surface area (Å²) in [5.41, 5.74) is 15.2. The summed E-state index contributed by atoms with van der Waals surface area (Å²) in [6.07, 6.45) is 16.2. The van der Waals surface area contributed by atoms with Crippen LogP contribution in [0.15, 0.2) is 111 Å². The van der Waals surface area contributed by atoms with E-state index in [9.17, 15) is 29.0 Å². The molecule has 23 nitrogen and oxygen atoms in total. The number of oxazole rings is 2. The molecule has 11 N–H and O–H groups in total. The minimum Gasteiger partial charge on any atom is -0.506 e. The molecule has 3 atom stereocenters. The predicted octanol–water partition coefficient (Wildman–Crippen LogP) is 7.59. The third-order valence-electron chi connectivity index (χ3n) is 9.80. The number of rotatable bonds is 8. The summed E-state index contributed by atoms with van der Waals surface area (Å²) >= 11 is 25.8. The van der Waals surface area contributed by atoms with Gasteiger partial charge in [-0.2, -0.15) is 21.8 Å². The van der Waals surface area contributed by atoms with Crippen molar-refractivity contribution in [1.29, 1.82) is 0 Å². The van der Waals surface area contributed by atoms with E-state index >= 15 is 0 Å². The number of nitrogens with two attached hydrogens (primary N) is 2. The van der Waals surface area contributed by atoms with E-state index in [1.165, 1.54) is 54.4 Å². The summed E-state index contributed by atoms with van der Waals surface area (Å²) in [6.45, 7) is 12.5. The number of aliphatic carboxylic acids is 3. The summed E-state index contributed by atoms with van der Waals surface area (Å²) < 4.78 is 33.6. The Bertz CT molecular complexity index is 3210. The average molecular weight is 1420 g/mol. The van der Waals surface area contributed by atoms with Crippen LogP contribution in [-0.4, -0.2) is 141 Å². The Kier molecular flexibility index (Phi) is 39.4. The fourth-order valence-corrected chi connectivity index (χ4v) is 8.95. The number of thioether (sulfide) groups is 2. The molecule has 0 radical (unpaired) electrons. The van der Waals surface area contributed by atoms with E-state index in [-0.39, 0.29) is 86.4 Å². The maximum Gasteiger partial charge on any atom is 1.00 e. The molecular weight excluding hydrogens is 1360 g/mol. The summed E-state index contributed by atoms with van der Waals surface area (Å²) in [4.78, 5) is 66.9. The third kappa shape index (κ3) is 32.2. The molecule has 0 aromatic carbocycles. The van der Waals surface area contributed by atoms with Gasteiger partial charge in [-0.1, -0.05) is 6.92 Å². The summed E-state index contributed by atoms with van der Waals surface area (Å²) in [6, 6.07) is 6.14. The van der Waals surface area contributed by atoms with E-state index in [1.807, 2.05) is 33.8 Å². The van der Waals surface area contributed by atoms with Gasteiger partial charge in [0.25, 0.3) is 10.2 Å². The molecule has 0 saturated carbocycles. The molecular formula is C49H59Cl4FKN11O12S7. The van der Waals surface area contributed by atoms with Gasteiger partial charge < -0.3 is 80.8 Å². The minimum absolute atomic E-state index is 0. The molecule has 9 rings (SSSR count). The molecule has 0 bridgehead atoms. The second-order valence-electron chi connectivity index (χ2n) is 17.6. The van der Waals surface area contributed by atoms with Crippen molar-refractivity contribution in [3.05, 3.63) is 114 Å². The number of anilines is 1. The van der Waals surface area contributed by atoms with Gasteiger partial charge in [0.1, 0.15) is 23.1 Å². The Morgan fingerprint density at radius 2 is 1.20 bits per heavy atom. The smallest absolute Gasteiger partial charge is 0.506 e. The SMILES string of the molecule is CC(=S)[S-].CC(C)(S)C(N)C(=O)O.CC1(C)SC(Cc2ccncc2O)=NC1C(=O)O.CC1(C)SC(Cc2ccncc2O)=NC1C(=O)O.Cl.Clc1nc2ccncc2o1.Nc1ccncc1O.O=S(Cl)Cl.S=c1[nH]c2ccncc2o1.[2H]CF.[K+]. The van der Waals surface area contributed by atoms with E-state index in [1.54, 1.807) is 76.2 Å². The number of thiol groups is 1. The third-order valence-corrected chi connectivity index (χ3v) is 12.9. The Labute approximate surface area is 584 Å². The van der Waals surface area contributed by atoms with Crippen molar-refractivity contribution >= 4 is 188 Å². The molecule has 0 amide bonds. The summed E-state index contributed by atoms with van der Waals surface area (Å²) in [5, 5.41) is 56.2. The number of nitrogen functional groups attached to an aromatic ring is 1. The van der Waals surface area contributed by atoms with Gasteiger partial charge in [-0.3, -0.25) is 44.1 Å². The Morgan fingerprint density at radius 1 is 0.824 bits per heavy atom. The second kappa shape index (κ2) is 41.3. The first kappa shape index (κ1) is 81.1. The van der Waals surface area contributed by atoms with Crippen LogP contribution >= 0.6 is 106 Å². The normalized spacial score (nSPS) is 15.0. The van der Waals surface area contributed by atoms with Crippen LogP contribution in [0.3, 0.4) is 0 Å². The zero-order valence-corrected chi connectivity index (χ0v) is 58.2. The van der Waals surface area contributed by atoms with Gasteiger partial charge in [0.15, 0.2) is 29.0 Å². The van der Waals surface area contributed by atoms with Crippen molar-refractivity contribution in [2.24, 2.45) is 15.7 Å². The number of nitrogens with zero attached hydrogens (tertiary/aromatic N) is 8. The van der Waals surface area contributed by atoms with Crippen LogP contribution in [0.1, 0.15) is 61.0 Å². The number of H-pyrrole nitrogens is 1. The van der Waals surface area contributed by atoms with Gasteiger partial charge in [0.05, 0.1) is 60.8 Å². The number of hydrogen-bond donors (Lipinski definition) is 10. The van der Waals surface area contributed by atoms with Crippen molar-refractivity contribution in [3.63, 3.8) is 0 Å². The molecule has 9 heterocycles. The van der Waals surface area contributed by atoms with Crippen LogP contribution in [0.2, 0.25) is 5.35 Å². The van der Waals surface area contributed by atoms with Gasteiger partial charge >= 0.3 is 69.3 Å². The number of aromatic hydroxyl groups is 3. The van der Waals surface area contributed by atoms with Gasteiger partial charge in [0, 0.05) is 90.6 Å². The van der Waals surface area contributed by atoms with Crippen LogP contribution in [0, 0.1) is 4.84 Å². The number of alkyl halides is 1. The molecule has 7 aromatic heterocycles. The maximum absolute atomic E-state index is 11.1. The number of aromatic nitrogens is 7. The molecule has 0 fully saturated rings. The predicted molar refractivity (Wildman–Crippen MR) is 345 cm³/mol. The van der Waals surface area contributed by atoms with Crippen LogP contribution in [-0.2, 0) is 49.1 Å². The van der Waals surface area contributed by atoms with Gasteiger partial charge in [-0.05, 0) is 95.7 Å². The van der Waals surface area contributed by atoms with Crippen LogP contribution in [0.25, 0.3) is 22.2 Å². The Morgan fingerprint density at radius 3 is 1.52 bits per heavy atom. The molecule has 85 heavy (non-hydrogen) atoms. The van der Waals surface area contributed by atoms with Crippen molar-refractivity contribution in [1.82, 2.24) is 34.9 Å². The number of hydrogen-bond acceptors (Lipinski definition) is 25. The van der Waals surface area contributed by atoms with E-state index in [2.05, 4.69) is 104 Å². The fourth-order valence-electron chi connectivity index (χ4n) is 5.94. The molecule has 460 valence electrons. The van der Waals surface area contributed by atoms with E-state index in [0.717, 1.165) is 21.1 Å². The second-order valence-corrected chi connectivity index (χ2v) is 26.9. The zero-order valence-electron chi connectivity index (χ0n) is 47.2. The first-order valence-corrected chi connectivity index (χ1v) is 29.4. The molecule has 36 heteroatoms. The quantitative estimate of drug-likeness (QED) is 0.0230. The number of carboxylic acid groups (broad SMARTS) is 3. The number of fused-ring (bicyclic) bond motifs is 2. The first-order valence-electron chi connectivity index (χ1n) is 23.6. The number of nitrogens with one attached hydrogen (secondary N) is 1. The van der Waals surface area contributed by atoms with Crippen molar-refractivity contribution in [3.8, 4) is 17.2 Å². The molecule has 3 unspecified atom stereocenters. The van der Waals surface area contributed by atoms with E-state index in [0.29, 0.717) is 49.9 Å². The molecule has 0 aliphatic carbocycles. The van der Waals surface area contributed by atoms with E-state index < -0.39 is 66.7 Å². The monoisotopic (exact) mass is 1420 g/mol. The fraction of sp³-hybridized carbons (Fsp3) is 0.327. The van der Waals surface area contributed by atoms with Crippen molar-refractivity contribution in [2.45, 2.75) is 93.7 Å². The number of aliphatic imine (C=N–C) groups is 2. The standard InChI is InChI=1S/2C12H14N2O3S.C6H3ClN2O.C6H4N2OS.C5H6N2O.C5H11NO2S.C2H4S2.CH3F.Cl2OS.ClH.K/c2*1-12(2)10(11(16)17)14-9(18-12)5-7-3-4-13-6-8(7)15;7-6-9-4-1-2-8-3-5(4)10-6;10-6-8-4-1-2-7-3-5(4)9-6;6-4-1-2-7-3-5(4)8;1-5(2,9)3(6)4(7)8;1-2(3)4;1-2;1-4(2)3;;/h2*3-4,6,10,15H,5H2,1-2H3,(H,16,17);1-3H;1-3H,(H,8,10);1-3,8H,(H2,6,7);3,9H,6H2,1-2H3,(H,7,8);1H3,(H,3,4);1H3;;1H;/q;;;;;;;;;;+1/p-1/i;;;;;;;1D;;;. The van der Waals surface area contributed by atoms with Crippen molar-refractivity contribution in [2.75, 3.05) is 12.9 Å². The van der Waals surface area contributed by atoms with Crippen molar-refractivity contribution < 1.29 is 115 Å². The molecule has 0 saturated heterocycles. The van der Waals surface area contributed by atoms with E-state index in [4.69, 9.17) is 70.1 Å². The topological polar surface area (TPSA) is 386 Å². The summed E-state index contributed by atoms with van der Waals surface area (Å²) in [7, 11) is 6.36. The number of pyridine rings is 5. The molecule has 7 aromatic rings. The van der Waals surface area contributed by atoms with Crippen LogP contribution in [0.4, 0.5) is 10.1 Å².